The van der Waals surface area contributed by atoms with Crippen molar-refractivity contribution in [3.63, 3.8) is 0 Å². The Labute approximate surface area is 130 Å². The number of carbonyl (C=O) groups excluding carboxylic acids is 3. The van der Waals surface area contributed by atoms with Crippen molar-refractivity contribution in [1.29, 1.82) is 0 Å². The van der Waals surface area contributed by atoms with Crippen molar-refractivity contribution in [2.45, 2.75) is 47.6 Å². The number of hydrogen-bond donors (Lipinski definition) is 3. The van der Waals surface area contributed by atoms with Gasteiger partial charge in [0.1, 0.15) is 6.10 Å². The van der Waals surface area contributed by atoms with Gasteiger partial charge in [-0.15, -0.1) is 0 Å². The second kappa shape index (κ2) is 6.85. The van der Waals surface area contributed by atoms with Crippen LogP contribution in [0.5, 0.6) is 0 Å². The van der Waals surface area contributed by atoms with Crippen LogP contribution in [0.15, 0.2) is 0 Å². The molecule has 0 aliphatic carbocycles. The molecule has 0 aliphatic rings. The molecular formula is C15H26O7. The molecule has 7 nitrogen and oxygen atoms in total. The molecule has 0 bridgehead atoms. The van der Waals surface area contributed by atoms with Gasteiger partial charge < -0.3 is 20.1 Å². The van der Waals surface area contributed by atoms with E-state index in [0.29, 0.717) is 0 Å². The first-order valence-corrected chi connectivity index (χ1v) is 6.95. The molecule has 0 spiro atoms. The van der Waals surface area contributed by atoms with Gasteiger partial charge in [0.05, 0.1) is 24.0 Å². The molecule has 0 amide bonds. The summed E-state index contributed by atoms with van der Waals surface area (Å²) in [4.78, 5) is 36.0. The van der Waals surface area contributed by atoms with E-state index in [1.807, 2.05) is 0 Å². The van der Waals surface area contributed by atoms with Gasteiger partial charge in [0, 0.05) is 5.41 Å². The Morgan fingerprint density at radius 2 is 1.27 bits per heavy atom. The van der Waals surface area contributed by atoms with E-state index in [4.69, 9.17) is 5.11 Å². The topological polar surface area (TPSA) is 121 Å². The summed E-state index contributed by atoms with van der Waals surface area (Å²) in [6, 6.07) is 0. The number of aliphatic hydroxyl groups is 3. The lowest BCUT2D eigenvalue weighted by atomic mass is 9.76. The van der Waals surface area contributed by atoms with E-state index < -0.39 is 53.3 Å². The summed E-state index contributed by atoms with van der Waals surface area (Å²) in [7, 11) is 0. The number of hydrogen-bond acceptors (Lipinski definition) is 7. The predicted octanol–water partition coefficient (Wildman–Crippen LogP) is 0.0494. The lowest BCUT2D eigenvalue weighted by molar-refractivity contribution is -0.179. The van der Waals surface area contributed by atoms with Crippen LogP contribution in [0.2, 0.25) is 0 Å². The summed E-state index contributed by atoms with van der Waals surface area (Å²) in [5, 5.41) is 28.4. The highest BCUT2D eigenvalue weighted by Crippen LogP contribution is 2.30. The number of Topliss-reactive ketones (excluding diaryl/α,β-unsaturated/α-hetero) is 1. The maximum Gasteiger partial charge on any atom is 0.322 e. The largest absolute Gasteiger partial charge is 0.395 e. The molecule has 0 aliphatic heterocycles. The van der Waals surface area contributed by atoms with Gasteiger partial charge in [0.2, 0.25) is 0 Å². The molecule has 0 aromatic rings. The molecule has 1 unspecified atom stereocenters. The molecule has 0 aromatic carbocycles. The predicted molar refractivity (Wildman–Crippen MR) is 77.6 cm³/mol. The summed E-state index contributed by atoms with van der Waals surface area (Å²) in [5.74, 6) is -2.76. The van der Waals surface area contributed by atoms with Gasteiger partial charge >= 0.3 is 11.9 Å². The van der Waals surface area contributed by atoms with E-state index in [1.54, 1.807) is 0 Å². The first-order valence-electron chi connectivity index (χ1n) is 6.95. The van der Waals surface area contributed by atoms with Crippen LogP contribution >= 0.6 is 0 Å². The first-order chi connectivity index (χ1) is 9.74. The molecule has 0 radical (unpaired) electrons. The van der Waals surface area contributed by atoms with Crippen LogP contribution in [-0.4, -0.2) is 52.4 Å². The molecule has 0 heterocycles. The third kappa shape index (κ3) is 4.34. The first kappa shape index (κ1) is 20.7. The summed E-state index contributed by atoms with van der Waals surface area (Å²) in [6.45, 7) is 7.18. The third-order valence-corrected chi connectivity index (χ3v) is 3.65. The normalized spacial score (nSPS) is 14.4. The maximum atomic E-state index is 12.1. The number of esters is 2. The molecule has 0 aromatic heterocycles. The second-order valence-electron chi connectivity index (χ2n) is 7.25. The van der Waals surface area contributed by atoms with Gasteiger partial charge in [-0.1, -0.05) is 13.8 Å². The van der Waals surface area contributed by atoms with Crippen LogP contribution in [0.1, 0.15) is 41.5 Å². The highest BCUT2D eigenvalue weighted by atomic mass is 16.6. The van der Waals surface area contributed by atoms with Crippen LogP contribution in [0.4, 0.5) is 0 Å². The zero-order valence-electron chi connectivity index (χ0n) is 14.0. The van der Waals surface area contributed by atoms with Crippen LogP contribution < -0.4 is 0 Å². The lowest BCUT2D eigenvalue weighted by Gasteiger charge is -2.32. The molecule has 3 N–H and O–H groups in total. The van der Waals surface area contributed by atoms with Gasteiger partial charge in [-0.05, 0) is 27.7 Å². The third-order valence-electron chi connectivity index (χ3n) is 3.65. The average molecular weight is 318 g/mol. The van der Waals surface area contributed by atoms with E-state index in [0.717, 1.165) is 0 Å². The highest BCUT2D eigenvalue weighted by Gasteiger charge is 2.47. The average Bonchev–Trinajstić information content (AvgIpc) is 2.44. The van der Waals surface area contributed by atoms with Crippen molar-refractivity contribution in [1.82, 2.24) is 0 Å². The van der Waals surface area contributed by atoms with Crippen LogP contribution in [0.25, 0.3) is 0 Å². The van der Waals surface area contributed by atoms with Gasteiger partial charge in [0.25, 0.3) is 0 Å². The Balaban J connectivity index is 5.20. The fourth-order valence-corrected chi connectivity index (χ4v) is 1.31. The molecule has 0 rings (SSSR count). The summed E-state index contributed by atoms with van der Waals surface area (Å²) in [6.07, 6.45) is -1.74. The van der Waals surface area contributed by atoms with Crippen molar-refractivity contribution >= 4 is 17.7 Å². The Hall–Kier alpha value is -1.31. The van der Waals surface area contributed by atoms with Crippen molar-refractivity contribution in [3.8, 4) is 0 Å². The zero-order valence-corrected chi connectivity index (χ0v) is 14.0. The van der Waals surface area contributed by atoms with E-state index in [-0.39, 0.29) is 0 Å². The fourth-order valence-electron chi connectivity index (χ4n) is 1.31. The molecule has 128 valence electrons. The number of aliphatic hydroxyl groups excluding tert-OH is 3. The quantitative estimate of drug-likeness (QED) is 0.448. The molecule has 0 fully saturated rings. The van der Waals surface area contributed by atoms with Crippen LogP contribution in [0, 0.1) is 16.2 Å². The Morgan fingerprint density at radius 3 is 1.64 bits per heavy atom. The van der Waals surface area contributed by atoms with Crippen molar-refractivity contribution < 1.29 is 34.4 Å². The summed E-state index contributed by atoms with van der Waals surface area (Å²) >= 11 is 0. The Kier molecular flexibility index (Phi) is 6.44. The van der Waals surface area contributed by atoms with Gasteiger partial charge in [0.15, 0.2) is 5.78 Å². The maximum absolute atomic E-state index is 12.1. The standard InChI is InChI=1S/C15H26O7/c1-13(2,7-16)9(18)10(19)15(5,6)12(21)22-11(20)14(3,4)8-17/h10,16-17,19H,7-8H2,1-6H3. The summed E-state index contributed by atoms with van der Waals surface area (Å²) in [5.41, 5.74) is -4.18. The Bertz CT molecular complexity index is 449. The zero-order chi connectivity index (χ0) is 17.9. The molecule has 0 saturated heterocycles. The molecule has 7 heteroatoms. The number of ketones is 1. The molecule has 22 heavy (non-hydrogen) atoms. The smallest absolute Gasteiger partial charge is 0.322 e. The minimum absolute atomic E-state index is 0.496. The number of carbonyl (C=O) groups is 3. The van der Waals surface area contributed by atoms with E-state index >= 15 is 0 Å². The van der Waals surface area contributed by atoms with Crippen molar-refractivity contribution in [3.05, 3.63) is 0 Å². The van der Waals surface area contributed by atoms with Crippen LogP contribution in [0.3, 0.4) is 0 Å². The molecular weight excluding hydrogens is 292 g/mol. The minimum atomic E-state index is -1.74. The SMILES string of the molecule is CC(C)(CO)C(=O)OC(=O)C(C)(C)C(O)C(=O)C(C)(C)CO. The van der Waals surface area contributed by atoms with E-state index in [2.05, 4.69) is 4.74 Å². The van der Waals surface area contributed by atoms with Gasteiger partial charge in [-0.3, -0.25) is 14.4 Å². The Morgan fingerprint density at radius 1 is 0.864 bits per heavy atom. The molecule has 1 atom stereocenters. The number of ether oxygens (including phenoxy) is 1. The van der Waals surface area contributed by atoms with Crippen molar-refractivity contribution in [2.24, 2.45) is 16.2 Å². The minimum Gasteiger partial charge on any atom is -0.395 e. The van der Waals surface area contributed by atoms with E-state index in [1.165, 1.54) is 41.5 Å². The monoisotopic (exact) mass is 318 g/mol. The van der Waals surface area contributed by atoms with Gasteiger partial charge in [-0.2, -0.15) is 0 Å². The second-order valence-corrected chi connectivity index (χ2v) is 7.25. The lowest BCUT2D eigenvalue weighted by Crippen LogP contribution is -2.50. The molecule has 0 saturated carbocycles. The van der Waals surface area contributed by atoms with Crippen LogP contribution in [-0.2, 0) is 19.1 Å². The van der Waals surface area contributed by atoms with E-state index in [9.17, 15) is 24.6 Å². The fraction of sp³-hybridized carbons (Fsp3) is 0.800. The highest BCUT2D eigenvalue weighted by molar-refractivity contribution is 5.97. The van der Waals surface area contributed by atoms with Gasteiger partial charge in [-0.25, -0.2) is 0 Å². The summed E-state index contributed by atoms with van der Waals surface area (Å²) < 4.78 is 4.68. The van der Waals surface area contributed by atoms with Crippen molar-refractivity contribution in [2.75, 3.05) is 13.2 Å². The number of rotatable bonds is 7.